The van der Waals surface area contributed by atoms with E-state index in [0.717, 1.165) is 39.1 Å². The Bertz CT molecular complexity index is 165. The van der Waals surface area contributed by atoms with E-state index < -0.39 is 0 Å². The lowest BCUT2D eigenvalue weighted by atomic mass is 10.1. The molecule has 2 heterocycles. The van der Waals surface area contributed by atoms with Gasteiger partial charge < -0.3 is 15.7 Å². The zero-order valence-electron chi connectivity index (χ0n) is 8.00. The average Bonchev–Trinajstić information content (AvgIpc) is 2.18. The maximum Gasteiger partial charge on any atom is 0.0446 e. The highest BCUT2D eigenvalue weighted by molar-refractivity contribution is 4.89. The first-order valence-electron chi connectivity index (χ1n) is 5.19. The van der Waals surface area contributed by atoms with Crippen molar-refractivity contribution in [2.24, 2.45) is 0 Å². The first-order valence-corrected chi connectivity index (χ1v) is 5.19. The second-order valence-corrected chi connectivity index (χ2v) is 3.97. The highest BCUT2D eigenvalue weighted by Gasteiger charge is 2.28. The van der Waals surface area contributed by atoms with E-state index >= 15 is 0 Å². The fourth-order valence-electron chi connectivity index (χ4n) is 2.24. The van der Waals surface area contributed by atoms with E-state index in [1.807, 2.05) is 0 Å². The molecule has 2 fully saturated rings. The molecule has 3 N–H and O–H groups in total. The predicted octanol–water partition coefficient (Wildman–Crippen LogP) is -1.39. The molecule has 0 bridgehead atoms. The van der Waals surface area contributed by atoms with Gasteiger partial charge in [0.1, 0.15) is 0 Å². The fraction of sp³-hybridized carbons (Fsp3) is 1.00. The lowest BCUT2D eigenvalue weighted by molar-refractivity contribution is 0.0963. The Morgan fingerprint density at radius 2 is 2.31 bits per heavy atom. The van der Waals surface area contributed by atoms with Crippen LogP contribution in [0.3, 0.4) is 0 Å². The summed E-state index contributed by atoms with van der Waals surface area (Å²) >= 11 is 0. The number of rotatable bonds is 2. The van der Waals surface area contributed by atoms with E-state index in [1.54, 1.807) is 0 Å². The summed E-state index contributed by atoms with van der Waals surface area (Å²) in [6.45, 7) is 5.86. The monoisotopic (exact) mass is 185 g/mol. The lowest BCUT2D eigenvalue weighted by Gasteiger charge is -2.43. The molecule has 0 saturated carbocycles. The van der Waals surface area contributed by atoms with Crippen LogP contribution in [0.4, 0.5) is 0 Å². The van der Waals surface area contributed by atoms with Crippen molar-refractivity contribution in [3.63, 3.8) is 0 Å². The molecule has 0 aromatic rings. The number of aliphatic hydroxyl groups excluding tert-OH is 1. The van der Waals surface area contributed by atoms with Gasteiger partial charge in [0.2, 0.25) is 0 Å². The van der Waals surface area contributed by atoms with Crippen LogP contribution < -0.4 is 10.6 Å². The molecule has 76 valence electrons. The minimum absolute atomic E-state index is 0.300. The number of nitrogens with one attached hydrogen (secondary N) is 2. The Morgan fingerprint density at radius 1 is 1.38 bits per heavy atom. The van der Waals surface area contributed by atoms with Crippen molar-refractivity contribution in [3.05, 3.63) is 0 Å². The van der Waals surface area contributed by atoms with Crippen molar-refractivity contribution in [2.75, 3.05) is 39.3 Å². The van der Waals surface area contributed by atoms with Crippen LogP contribution >= 0.6 is 0 Å². The van der Waals surface area contributed by atoms with Crippen molar-refractivity contribution in [3.8, 4) is 0 Å². The minimum atomic E-state index is 0.300. The molecule has 2 aliphatic heterocycles. The van der Waals surface area contributed by atoms with Gasteiger partial charge in [0, 0.05) is 51.4 Å². The number of hydrogen-bond donors (Lipinski definition) is 3. The first-order chi connectivity index (χ1) is 6.40. The average molecular weight is 185 g/mol. The van der Waals surface area contributed by atoms with Crippen LogP contribution in [0.1, 0.15) is 6.42 Å². The quantitative estimate of drug-likeness (QED) is 0.496. The second-order valence-electron chi connectivity index (χ2n) is 3.97. The van der Waals surface area contributed by atoms with Gasteiger partial charge in [-0.15, -0.1) is 0 Å². The number of piperazine rings is 2. The molecule has 2 saturated heterocycles. The molecule has 0 aromatic carbocycles. The summed E-state index contributed by atoms with van der Waals surface area (Å²) < 4.78 is 0. The summed E-state index contributed by atoms with van der Waals surface area (Å²) in [6.07, 6.45) is 0.886. The highest BCUT2D eigenvalue weighted by Crippen LogP contribution is 2.10. The van der Waals surface area contributed by atoms with Gasteiger partial charge >= 0.3 is 0 Å². The molecule has 2 aliphatic rings. The van der Waals surface area contributed by atoms with E-state index in [9.17, 15) is 0 Å². The van der Waals surface area contributed by atoms with Crippen molar-refractivity contribution in [1.82, 2.24) is 15.5 Å². The molecule has 0 aromatic heterocycles. The van der Waals surface area contributed by atoms with E-state index in [0.29, 0.717) is 18.7 Å². The Balaban J connectivity index is 1.84. The van der Waals surface area contributed by atoms with Crippen LogP contribution in [0.25, 0.3) is 0 Å². The molecule has 1 unspecified atom stereocenters. The third-order valence-electron chi connectivity index (χ3n) is 3.05. The maximum atomic E-state index is 8.84. The molecule has 13 heavy (non-hydrogen) atoms. The molecular weight excluding hydrogens is 166 g/mol. The van der Waals surface area contributed by atoms with Gasteiger partial charge in [0.25, 0.3) is 0 Å². The number of nitrogens with zero attached hydrogens (tertiary/aromatic N) is 1. The van der Waals surface area contributed by atoms with Crippen molar-refractivity contribution >= 4 is 0 Å². The van der Waals surface area contributed by atoms with Crippen LogP contribution in [0.2, 0.25) is 0 Å². The smallest absolute Gasteiger partial charge is 0.0446 e. The molecule has 0 aliphatic carbocycles. The van der Waals surface area contributed by atoms with Gasteiger partial charge in [-0.2, -0.15) is 0 Å². The largest absolute Gasteiger partial charge is 0.396 e. The van der Waals surface area contributed by atoms with Crippen LogP contribution in [-0.2, 0) is 0 Å². The number of aliphatic hydroxyl groups is 1. The molecule has 4 heteroatoms. The predicted molar refractivity (Wildman–Crippen MR) is 51.7 cm³/mol. The summed E-state index contributed by atoms with van der Waals surface area (Å²) in [5, 5.41) is 15.7. The fourth-order valence-corrected chi connectivity index (χ4v) is 2.24. The topological polar surface area (TPSA) is 47.5 Å². The van der Waals surface area contributed by atoms with Crippen molar-refractivity contribution in [1.29, 1.82) is 0 Å². The van der Waals surface area contributed by atoms with Gasteiger partial charge in [0.15, 0.2) is 0 Å². The van der Waals surface area contributed by atoms with E-state index in [-0.39, 0.29) is 0 Å². The zero-order chi connectivity index (χ0) is 9.10. The van der Waals surface area contributed by atoms with Gasteiger partial charge in [-0.1, -0.05) is 0 Å². The molecule has 0 radical (unpaired) electrons. The van der Waals surface area contributed by atoms with Crippen LogP contribution in [-0.4, -0.2) is 61.4 Å². The van der Waals surface area contributed by atoms with Crippen LogP contribution in [0, 0.1) is 0 Å². The summed E-state index contributed by atoms with van der Waals surface area (Å²) in [5.41, 5.74) is 0. The molecule has 4 nitrogen and oxygen atoms in total. The Kier molecular flexibility index (Phi) is 3.16. The summed E-state index contributed by atoms with van der Waals surface area (Å²) in [4.78, 5) is 2.54. The van der Waals surface area contributed by atoms with Crippen LogP contribution in [0.15, 0.2) is 0 Å². The molecule has 0 amide bonds. The number of fused-ring (bicyclic) bond motifs is 1. The molecule has 2 rings (SSSR count). The summed E-state index contributed by atoms with van der Waals surface area (Å²) in [5.74, 6) is 0. The van der Waals surface area contributed by atoms with Crippen molar-refractivity contribution in [2.45, 2.75) is 18.5 Å². The van der Waals surface area contributed by atoms with Gasteiger partial charge in [-0.3, -0.25) is 4.90 Å². The summed E-state index contributed by atoms with van der Waals surface area (Å²) in [7, 11) is 0. The second kappa shape index (κ2) is 4.37. The third-order valence-corrected chi connectivity index (χ3v) is 3.05. The van der Waals surface area contributed by atoms with Crippen molar-refractivity contribution < 1.29 is 5.11 Å². The van der Waals surface area contributed by atoms with Gasteiger partial charge in [-0.25, -0.2) is 0 Å². The third kappa shape index (κ3) is 2.20. The van der Waals surface area contributed by atoms with Gasteiger partial charge in [0.05, 0.1) is 0 Å². The minimum Gasteiger partial charge on any atom is -0.396 e. The molecule has 2 atom stereocenters. The van der Waals surface area contributed by atoms with Gasteiger partial charge in [-0.05, 0) is 6.42 Å². The zero-order valence-corrected chi connectivity index (χ0v) is 8.00. The molecule has 0 spiro atoms. The lowest BCUT2D eigenvalue weighted by Crippen LogP contribution is -2.63. The Hall–Kier alpha value is -0.160. The van der Waals surface area contributed by atoms with E-state index in [1.165, 1.54) is 0 Å². The van der Waals surface area contributed by atoms with E-state index in [2.05, 4.69) is 15.5 Å². The maximum absolute atomic E-state index is 8.84. The van der Waals surface area contributed by atoms with Crippen LogP contribution in [0.5, 0.6) is 0 Å². The van der Waals surface area contributed by atoms with E-state index in [4.69, 9.17) is 5.11 Å². The molecular formula is C9H19N3O. The first kappa shape index (κ1) is 9.40. The number of hydrogen-bond acceptors (Lipinski definition) is 4. The normalized spacial score (nSPS) is 35.8. The highest BCUT2D eigenvalue weighted by atomic mass is 16.3. The SMILES string of the molecule is OCC[C@@H]1CN2CCNCC2CN1. The Labute approximate surface area is 79.3 Å². The Morgan fingerprint density at radius 3 is 3.15 bits per heavy atom. The standard InChI is InChI=1S/C9H19N3O/c13-4-1-8-7-12-3-2-10-5-9(12)6-11-8/h8-11,13H,1-7H2/t8-,9?/m1/s1. The summed E-state index contributed by atoms with van der Waals surface area (Å²) in [6, 6.07) is 1.17.